The Bertz CT molecular complexity index is 500. The predicted octanol–water partition coefficient (Wildman–Crippen LogP) is 3.64. The first-order valence-electron chi connectivity index (χ1n) is 5.00. The molecule has 6 heteroatoms. The lowest BCUT2D eigenvalue weighted by Gasteiger charge is -2.09. The van der Waals surface area contributed by atoms with Gasteiger partial charge in [0.15, 0.2) is 0 Å². The van der Waals surface area contributed by atoms with Crippen LogP contribution in [-0.4, -0.2) is 12.0 Å². The van der Waals surface area contributed by atoms with Gasteiger partial charge in [0, 0.05) is 7.05 Å². The maximum absolute atomic E-state index is 6.03. The van der Waals surface area contributed by atoms with Crippen LogP contribution < -0.4 is 10.6 Å². The van der Waals surface area contributed by atoms with Crippen LogP contribution in [0.25, 0.3) is 0 Å². The van der Waals surface area contributed by atoms with E-state index in [2.05, 4.69) is 15.6 Å². The Hall–Kier alpha value is -1.39. The molecule has 0 radical (unpaired) electrons. The Kier molecular flexibility index (Phi) is 3.76. The average Bonchev–Trinajstić information content (AvgIpc) is 2.81. The smallest absolute Gasteiger partial charge is 0.147 e. The lowest BCUT2D eigenvalue weighted by molar-refractivity contribution is 0.518. The van der Waals surface area contributed by atoms with Crippen LogP contribution in [0.1, 0.15) is 5.76 Å². The van der Waals surface area contributed by atoms with Crippen molar-refractivity contribution in [3.8, 4) is 0 Å². The van der Waals surface area contributed by atoms with E-state index in [9.17, 15) is 0 Å². The minimum Gasteiger partial charge on any atom is -0.467 e. The van der Waals surface area contributed by atoms with Crippen molar-refractivity contribution in [3.63, 3.8) is 0 Å². The summed E-state index contributed by atoms with van der Waals surface area (Å²) in [7, 11) is 1.75. The second kappa shape index (κ2) is 5.29. The van der Waals surface area contributed by atoms with Gasteiger partial charge in [-0.15, -0.1) is 0 Å². The van der Waals surface area contributed by atoms with E-state index in [1.807, 2.05) is 12.1 Å². The molecule has 2 N–H and O–H groups in total. The van der Waals surface area contributed by atoms with E-state index in [-0.39, 0.29) is 0 Å². The molecule has 0 spiro atoms. The number of nitrogens with zero attached hydrogens (tertiary/aromatic N) is 1. The third kappa shape index (κ3) is 2.84. The molecule has 0 unspecified atom stereocenters. The largest absolute Gasteiger partial charge is 0.467 e. The Morgan fingerprint density at radius 3 is 2.71 bits per heavy atom. The highest BCUT2D eigenvalue weighted by Gasteiger charge is 2.08. The second-order valence-corrected chi connectivity index (χ2v) is 4.15. The maximum atomic E-state index is 6.03. The van der Waals surface area contributed by atoms with Crippen LogP contribution in [0.15, 0.2) is 28.9 Å². The summed E-state index contributed by atoms with van der Waals surface area (Å²) >= 11 is 12.0. The number of hydrogen-bond donors (Lipinski definition) is 2. The summed E-state index contributed by atoms with van der Waals surface area (Å²) in [6, 6.07) is 5.34. The minimum atomic E-state index is 0.473. The van der Waals surface area contributed by atoms with Crippen molar-refractivity contribution in [2.75, 3.05) is 17.7 Å². The van der Waals surface area contributed by atoms with E-state index >= 15 is 0 Å². The van der Waals surface area contributed by atoms with Crippen LogP contribution in [0.4, 0.5) is 11.6 Å². The summed E-state index contributed by atoms with van der Waals surface area (Å²) in [5.41, 5.74) is 0. The molecule has 2 heterocycles. The van der Waals surface area contributed by atoms with Crippen molar-refractivity contribution in [1.29, 1.82) is 0 Å². The van der Waals surface area contributed by atoms with E-state index < -0.39 is 0 Å². The van der Waals surface area contributed by atoms with Crippen LogP contribution in [-0.2, 0) is 6.54 Å². The molecule has 2 aromatic heterocycles. The SMILES string of the molecule is CNc1nc(NCc2ccco2)c(Cl)cc1Cl. The highest BCUT2D eigenvalue weighted by atomic mass is 35.5. The molecule has 0 saturated heterocycles. The van der Waals surface area contributed by atoms with Crippen molar-refractivity contribution in [3.05, 3.63) is 40.3 Å². The molecule has 0 bridgehead atoms. The van der Waals surface area contributed by atoms with Crippen LogP contribution in [0.2, 0.25) is 10.0 Å². The molecule has 17 heavy (non-hydrogen) atoms. The van der Waals surface area contributed by atoms with Gasteiger partial charge in [0.25, 0.3) is 0 Å². The molecule has 0 atom stereocenters. The first-order valence-corrected chi connectivity index (χ1v) is 5.76. The summed E-state index contributed by atoms with van der Waals surface area (Å²) < 4.78 is 5.20. The third-order valence-corrected chi connectivity index (χ3v) is 2.75. The number of halogens is 2. The van der Waals surface area contributed by atoms with E-state index in [0.717, 1.165) is 5.76 Å². The van der Waals surface area contributed by atoms with E-state index in [4.69, 9.17) is 27.6 Å². The summed E-state index contributed by atoms with van der Waals surface area (Å²) in [5, 5.41) is 6.93. The Balaban J connectivity index is 2.15. The summed E-state index contributed by atoms with van der Waals surface area (Å²) in [6.45, 7) is 0.518. The predicted molar refractivity (Wildman–Crippen MR) is 69.8 cm³/mol. The molecular formula is C11H11Cl2N3O. The molecule has 0 fully saturated rings. The van der Waals surface area contributed by atoms with Crippen molar-refractivity contribution in [1.82, 2.24) is 4.98 Å². The fraction of sp³-hybridized carbons (Fsp3) is 0.182. The highest BCUT2D eigenvalue weighted by Crippen LogP contribution is 2.29. The molecule has 0 aliphatic heterocycles. The van der Waals surface area contributed by atoms with Gasteiger partial charge in [-0.05, 0) is 18.2 Å². The third-order valence-electron chi connectivity index (χ3n) is 2.18. The van der Waals surface area contributed by atoms with Crippen LogP contribution in [0.3, 0.4) is 0 Å². The normalized spacial score (nSPS) is 10.3. The number of nitrogens with one attached hydrogen (secondary N) is 2. The molecule has 0 aliphatic rings. The molecule has 0 aliphatic carbocycles. The lowest BCUT2D eigenvalue weighted by Crippen LogP contribution is -2.03. The standard InChI is InChI=1S/C11H11Cl2N3O/c1-14-10-8(12)5-9(13)11(16-10)15-6-7-3-2-4-17-7/h2-5H,6H2,1H3,(H2,14,15,16). The van der Waals surface area contributed by atoms with Gasteiger partial charge in [-0.25, -0.2) is 4.98 Å². The first-order chi connectivity index (χ1) is 8.20. The molecule has 0 aromatic carbocycles. The monoisotopic (exact) mass is 271 g/mol. The van der Waals surface area contributed by atoms with E-state index in [1.165, 1.54) is 0 Å². The number of aromatic nitrogens is 1. The zero-order chi connectivity index (χ0) is 12.3. The van der Waals surface area contributed by atoms with Crippen molar-refractivity contribution < 1.29 is 4.42 Å². The Morgan fingerprint density at radius 1 is 1.29 bits per heavy atom. The topological polar surface area (TPSA) is 50.1 Å². The fourth-order valence-corrected chi connectivity index (χ4v) is 1.87. The van der Waals surface area contributed by atoms with Crippen LogP contribution >= 0.6 is 23.2 Å². The van der Waals surface area contributed by atoms with Gasteiger partial charge in [0.2, 0.25) is 0 Å². The molecule has 0 amide bonds. The average molecular weight is 272 g/mol. The van der Waals surface area contributed by atoms with Gasteiger partial charge in [-0.3, -0.25) is 0 Å². The highest BCUT2D eigenvalue weighted by molar-refractivity contribution is 6.37. The van der Waals surface area contributed by atoms with Gasteiger partial charge >= 0.3 is 0 Å². The zero-order valence-electron chi connectivity index (χ0n) is 9.13. The van der Waals surface area contributed by atoms with E-state index in [0.29, 0.717) is 28.2 Å². The van der Waals surface area contributed by atoms with Gasteiger partial charge in [-0.1, -0.05) is 23.2 Å². The summed E-state index contributed by atoms with van der Waals surface area (Å²) in [4.78, 5) is 4.26. The van der Waals surface area contributed by atoms with E-state index in [1.54, 1.807) is 19.4 Å². The summed E-state index contributed by atoms with van der Waals surface area (Å²) in [5.74, 6) is 1.96. The number of pyridine rings is 1. The first kappa shape index (κ1) is 12.1. The number of rotatable bonds is 4. The van der Waals surface area contributed by atoms with Gasteiger partial charge in [-0.2, -0.15) is 0 Å². The second-order valence-electron chi connectivity index (χ2n) is 3.33. The quantitative estimate of drug-likeness (QED) is 0.892. The van der Waals surface area contributed by atoms with Crippen LogP contribution in [0.5, 0.6) is 0 Å². The lowest BCUT2D eigenvalue weighted by atomic mass is 10.4. The Morgan fingerprint density at radius 2 is 2.06 bits per heavy atom. The summed E-state index contributed by atoms with van der Waals surface area (Å²) in [6.07, 6.45) is 1.62. The fourth-order valence-electron chi connectivity index (χ4n) is 1.35. The molecule has 90 valence electrons. The molecule has 2 aromatic rings. The molecule has 4 nitrogen and oxygen atoms in total. The van der Waals surface area contributed by atoms with Gasteiger partial charge in [0.1, 0.15) is 17.4 Å². The van der Waals surface area contributed by atoms with Crippen molar-refractivity contribution in [2.24, 2.45) is 0 Å². The maximum Gasteiger partial charge on any atom is 0.147 e. The van der Waals surface area contributed by atoms with Gasteiger partial charge in [0.05, 0.1) is 22.9 Å². The van der Waals surface area contributed by atoms with Crippen molar-refractivity contribution in [2.45, 2.75) is 6.54 Å². The number of anilines is 2. The minimum absolute atomic E-state index is 0.473. The zero-order valence-corrected chi connectivity index (χ0v) is 10.6. The molecule has 2 rings (SSSR count). The number of hydrogen-bond acceptors (Lipinski definition) is 4. The number of furan rings is 1. The van der Waals surface area contributed by atoms with Gasteiger partial charge < -0.3 is 15.1 Å². The van der Waals surface area contributed by atoms with Crippen LogP contribution in [0, 0.1) is 0 Å². The van der Waals surface area contributed by atoms with Crippen molar-refractivity contribution >= 4 is 34.8 Å². The Labute approximate surface area is 109 Å². The molecular weight excluding hydrogens is 261 g/mol. The molecule has 0 saturated carbocycles.